The molecule has 1 rings (SSSR count). The minimum Gasteiger partial charge on any atom is -0.465 e. The van der Waals surface area contributed by atoms with E-state index in [1.165, 1.54) is 0 Å². The van der Waals surface area contributed by atoms with Crippen LogP contribution in [0.4, 0.5) is 5.69 Å². The molecule has 0 aliphatic heterocycles. The third-order valence-corrected chi connectivity index (χ3v) is 2.10. The van der Waals surface area contributed by atoms with Crippen molar-refractivity contribution < 1.29 is 9.53 Å². The zero-order valence-electron chi connectivity index (χ0n) is 9.25. The van der Waals surface area contributed by atoms with Gasteiger partial charge in [-0.15, -0.1) is 0 Å². The van der Waals surface area contributed by atoms with Crippen LogP contribution >= 0.6 is 0 Å². The normalized spacial score (nSPS) is 10.0. The number of carbonyl (C=O) groups excluding carboxylic acids is 1. The quantitative estimate of drug-likeness (QED) is 0.607. The molecule has 2 N–H and O–H groups in total. The van der Waals surface area contributed by atoms with Crippen LogP contribution in [0.25, 0.3) is 0 Å². The van der Waals surface area contributed by atoms with Crippen LogP contribution in [-0.4, -0.2) is 12.6 Å². The third kappa shape index (κ3) is 3.62. The van der Waals surface area contributed by atoms with Crippen molar-refractivity contribution in [2.24, 2.45) is 0 Å². The number of rotatable bonds is 4. The van der Waals surface area contributed by atoms with E-state index >= 15 is 0 Å². The second kappa shape index (κ2) is 5.39. The minimum atomic E-state index is -0.214. The van der Waals surface area contributed by atoms with E-state index in [9.17, 15) is 4.79 Å². The molecule has 0 saturated carbocycles. The Bertz CT molecular complexity index is 347. The predicted molar refractivity (Wildman–Crippen MR) is 60.5 cm³/mol. The highest BCUT2D eigenvalue weighted by atomic mass is 16.5. The van der Waals surface area contributed by atoms with Crippen molar-refractivity contribution in [3.05, 3.63) is 29.3 Å². The highest BCUT2D eigenvalue weighted by Gasteiger charge is 2.07. The highest BCUT2D eigenvalue weighted by Crippen LogP contribution is 2.14. The number of nitrogen functional groups attached to an aromatic ring is 1. The molecule has 3 nitrogen and oxygen atoms in total. The fourth-order valence-corrected chi connectivity index (χ4v) is 1.31. The number of hydrogen-bond donors (Lipinski definition) is 1. The van der Waals surface area contributed by atoms with Crippen molar-refractivity contribution in [2.75, 3.05) is 12.3 Å². The number of benzene rings is 1. The Morgan fingerprint density at radius 2 is 2.20 bits per heavy atom. The fraction of sp³-hybridized carbons (Fsp3) is 0.417. The van der Waals surface area contributed by atoms with E-state index < -0.39 is 0 Å². The monoisotopic (exact) mass is 207 g/mol. The molecule has 0 saturated heterocycles. The van der Waals surface area contributed by atoms with Gasteiger partial charge in [-0.25, -0.2) is 0 Å². The first-order chi connectivity index (χ1) is 7.13. The second-order valence-electron chi connectivity index (χ2n) is 3.60. The first kappa shape index (κ1) is 11.6. The lowest BCUT2D eigenvalue weighted by Gasteiger charge is -2.06. The Morgan fingerprint density at radius 3 is 2.87 bits per heavy atom. The summed E-state index contributed by atoms with van der Waals surface area (Å²) >= 11 is 0. The zero-order valence-corrected chi connectivity index (χ0v) is 9.25. The van der Waals surface area contributed by atoms with Crippen molar-refractivity contribution >= 4 is 11.7 Å². The molecule has 15 heavy (non-hydrogen) atoms. The summed E-state index contributed by atoms with van der Waals surface area (Å²) in [6, 6.07) is 5.66. The number of ether oxygens (including phenoxy) is 1. The number of anilines is 1. The van der Waals surface area contributed by atoms with Crippen LogP contribution in [0.3, 0.4) is 0 Å². The lowest BCUT2D eigenvalue weighted by Crippen LogP contribution is -2.10. The molecule has 0 aromatic heterocycles. The Balaban J connectivity index is 2.63. The molecular weight excluding hydrogens is 190 g/mol. The van der Waals surface area contributed by atoms with Crippen molar-refractivity contribution in [1.82, 2.24) is 0 Å². The topological polar surface area (TPSA) is 52.3 Å². The maximum Gasteiger partial charge on any atom is 0.310 e. The number of aryl methyl sites for hydroxylation is 1. The lowest BCUT2D eigenvalue weighted by atomic mass is 10.1. The Morgan fingerprint density at radius 1 is 1.47 bits per heavy atom. The standard InChI is InChI=1S/C12H17NO2/c1-3-6-15-12(14)8-10-7-9(2)4-5-11(10)13/h4-5,7H,3,6,8,13H2,1-2H3. The van der Waals surface area contributed by atoms with Crippen LogP contribution in [0.2, 0.25) is 0 Å². The van der Waals surface area contributed by atoms with Gasteiger partial charge in [0.1, 0.15) is 0 Å². The van der Waals surface area contributed by atoms with Crippen LogP contribution in [0, 0.1) is 6.92 Å². The molecule has 0 aliphatic carbocycles. The van der Waals surface area contributed by atoms with Gasteiger partial charge in [-0.2, -0.15) is 0 Å². The molecule has 3 heteroatoms. The number of nitrogens with two attached hydrogens (primary N) is 1. The molecule has 0 radical (unpaired) electrons. The molecule has 0 unspecified atom stereocenters. The Hall–Kier alpha value is -1.51. The molecule has 0 bridgehead atoms. The summed E-state index contributed by atoms with van der Waals surface area (Å²) in [5.41, 5.74) is 8.35. The van der Waals surface area contributed by atoms with Crippen LogP contribution in [-0.2, 0) is 16.0 Å². The van der Waals surface area contributed by atoms with Crippen LogP contribution in [0.5, 0.6) is 0 Å². The van der Waals surface area contributed by atoms with E-state index in [1.54, 1.807) is 0 Å². The molecule has 0 atom stereocenters. The van der Waals surface area contributed by atoms with E-state index in [-0.39, 0.29) is 12.4 Å². The largest absolute Gasteiger partial charge is 0.465 e. The molecule has 82 valence electrons. The van der Waals surface area contributed by atoms with Gasteiger partial charge in [0.2, 0.25) is 0 Å². The van der Waals surface area contributed by atoms with E-state index in [2.05, 4.69) is 0 Å². The summed E-state index contributed by atoms with van der Waals surface area (Å²) in [6.45, 7) is 4.42. The van der Waals surface area contributed by atoms with Gasteiger partial charge in [0, 0.05) is 5.69 Å². The van der Waals surface area contributed by atoms with Crippen LogP contribution in [0.15, 0.2) is 18.2 Å². The first-order valence-electron chi connectivity index (χ1n) is 5.14. The zero-order chi connectivity index (χ0) is 11.3. The summed E-state index contributed by atoms with van der Waals surface area (Å²) in [5.74, 6) is -0.214. The summed E-state index contributed by atoms with van der Waals surface area (Å²) in [5, 5.41) is 0. The Kier molecular flexibility index (Phi) is 4.16. The maximum atomic E-state index is 11.4. The van der Waals surface area contributed by atoms with Gasteiger partial charge in [0.25, 0.3) is 0 Å². The number of carbonyl (C=O) groups is 1. The number of hydrogen-bond acceptors (Lipinski definition) is 3. The van der Waals surface area contributed by atoms with Gasteiger partial charge in [-0.1, -0.05) is 24.6 Å². The number of esters is 1. The molecule has 0 heterocycles. The molecule has 0 spiro atoms. The van der Waals surface area contributed by atoms with Crippen LogP contribution in [0.1, 0.15) is 24.5 Å². The minimum absolute atomic E-state index is 0.214. The van der Waals surface area contributed by atoms with Crippen molar-refractivity contribution in [1.29, 1.82) is 0 Å². The highest BCUT2D eigenvalue weighted by molar-refractivity contribution is 5.75. The molecule has 0 fully saturated rings. The van der Waals surface area contributed by atoms with Gasteiger partial charge < -0.3 is 10.5 Å². The van der Waals surface area contributed by atoms with Gasteiger partial charge in [0.05, 0.1) is 13.0 Å². The third-order valence-electron chi connectivity index (χ3n) is 2.10. The van der Waals surface area contributed by atoms with Crippen molar-refractivity contribution in [2.45, 2.75) is 26.7 Å². The molecular formula is C12H17NO2. The van der Waals surface area contributed by atoms with Gasteiger partial charge in [0.15, 0.2) is 0 Å². The summed E-state index contributed by atoms with van der Waals surface area (Å²) in [7, 11) is 0. The maximum absolute atomic E-state index is 11.4. The van der Waals surface area contributed by atoms with E-state index in [4.69, 9.17) is 10.5 Å². The fourth-order valence-electron chi connectivity index (χ4n) is 1.31. The SMILES string of the molecule is CCCOC(=O)Cc1cc(C)ccc1N. The summed E-state index contributed by atoms with van der Waals surface area (Å²) in [4.78, 5) is 11.4. The first-order valence-corrected chi connectivity index (χ1v) is 5.14. The average Bonchev–Trinajstić information content (AvgIpc) is 2.20. The van der Waals surface area contributed by atoms with E-state index in [0.29, 0.717) is 12.3 Å². The Labute approximate surface area is 90.2 Å². The van der Waals surface area contributed by atoms with Gasteiger partial charge in [-0.05, 0) is 25.0 Å². The lowest BCUT2D eigenvalue weighted by molar-refractivity contribution is -0.142. The molecule has 1 aromatic carbocycles. The molecule has 1 aromatic rings. The van der Waals surface area contributed by atoms with Crippen molar-refractivity contribution in [3.63, 3.8) is 0 Å². The van der Waals surface area contributed by atoms with Gasteiger partial charge in [-0.3, -0.25) is 4.79 Å². The van der Waals surface area contributed by atoms with Crippen LogP contribution < -0.4 is 5.73 Å². The molecule has 0 amide bonds. The van der Waals surface area contributed by atoms with E-state index in [1.807, 2.05) is 32.0 Å². The molecule has 0 aliphatic rings. The average molecular weight is 207 g/mol. The second-order valence-corrected chi connectivity index (χ2v) is 3.60. The predicted octanol–water partition coefficient (Wildman–Crippen LogP) is 2.07. The van der Waals surface area contributed by atoms with E-state index in [0.717, 1.165) is 17.5 Å². The van der Waals surface area contributed by atoms with Crippen molar-refractivity contribution in [3.8, 4) is 0 Å². The smallest absolute Gasteiger partial charge is 0.310 e. The summed E-state index contributed by atoms with van der Waals surface area (Å²) in [6.07, 6.45) is 1.10. The summed E-state index contributed by atoms with van der Waals surface area (Å²) < 4.78 is 5.00. The van der Waals surface area contributed by atoms with Gasteiger partial charge >= 0.3 is 5.97 Å².